The van der Waals surface area contributed by atoms with E-state index in [2.05, 4.69) is 21.0 Å². The first kappa shape index (κ1) is 7.88. The maximum absolute atomic E-state index is 8.84. The maximum Gasteiger partial charge on any atom is 0.154 e. The standard InChI is InChI=1S/C10H5N5/c11-1-5-2-14-9-7-6(3-13-8(5)9)4-15-10(7)12/h2-4,12,14H. The third-order valence-electron chi connectivity index (χ3n) is 2.41. The molecular formula is C10H5N5. The molecule has 0 radical (unpaired) electrons. The van der Waals surface area contributed by atoms with E-state index in [-0.39, 0.29) is 5.84 Å². The molecule has 0 amide bonds. The highest BCUT2D eigenvalue weighted by Crippen LogP contribution is 2.24. The molecule has 0 aromatic carbocycles. The van der Waals surface area contributed by atoms with Crippen molar-refractivity contribution in [1.29, 1.82) is 10.7 Å². The summed E-state index contributed by atoms with van der Waals surface area (Å²) in [5.74, 6) is 0.212. The Hall–Kier alpha value is -2.48. The number of hydrogen-bond donors (Lipinski definition) is 2. The Morgan fingerprint density at radius 2 is 2.33 bits per heavy atom. The van der Waals surface area contributed by atoms with Gasteiger partial charge in [-0.2, -0.15) is 5.26 Å². The molecule has 15 heavy (non-hydrogen) atoms. The molecule has 1 aliphatic rings. The Balaban J connectivity index is 2.48. The molecule has 2 N–H and O–H groups in total. The quantitative estimate of drug-likeness (QED) is 0.661. The van der Waals surface area contributed by atoms with Crippen LogP contribution in [-0.2, 0) is 0 Å². The van der Waals surface area contributed by atoms with Crippen LogP contribution in [0.1, 0.15) is 16.7 Å². The van der Waals surface area contributed by atoms with Crippen molar-refractivity contribution >= 4 is 23.1 Å². The average Bonchev–Trinajstić information content (AvgIpc) is 2.81. The van der Waals surface area contributed by atoms with Crippen LogP contribution < -0.4 is 0 Å². The molecule has 0 bridgehead atoms. The number of nitrogens with zero attached hydrogens (tertiary/aromatic N) is 3. The number of H-pyrrole nitrogens is 1. The van der Waals surface area contributed by atoms with E-state index in [1.165, 1.54) is 0 Å². The molecular weight excluding hydrogens is 190 g/mol. The number of nitriles is 1. The van der Waals surface area contributed by atoms with Gasteiger partial charge in [0.05, 0.1) is 16.6 Å². The first-order valence-corrected chi connectivity index (χ1v) is 4.34. The third kappa shape index (κ3) is 0.876. The SMILES string of the molecule is N#Cc1c[nH]c2c3c(cnc12)C=NC3=N. The zero-order valence-electron chi connectivity index (χ0n) is 7.57. The van der Waals surface area contributed by atoms with Crippen LogP contribution in [0.5, 0.6) is 0 Å². The fourth-order valence-corrected chi connectivity index (χ4v) is 1.72. The van der Waals surface area contributed by atoms with Gasteiger partial charge < -0.3 is 4.98 Å². The summed E-state index contributed by atoms with van der Waals surface area (Å²) in [7, 11) is 0. The van der Waals surface area contributed by atoms with Gasteiger partial charge in [0, 0.05) is 24.2 Å². The molecule has 0 saturated heterocycles. The van der Waals surface area contributed by atoms with Crippen LogP contribution in [0.15, 0.2) is 17.4 Å². The van der Waals surface area contributed by atoms with Crippen LogP contribution in [-0.4, -0.2) is 22.0 Å². The molecule has 0 fully saturated rings. The summed E-state index contributed by atoms with van der Waals surface area (Å²) < 4.78 is 0. The van der Waals surface area contributed by atoms with Crippen LogP contribution in [0.3, 0.4) is 0 Å². The minimum absolute atomic E-state index is 0.212. The molecule has 0 atom stereocenters. The van der Waals surface area contributed by atoms with Gasteiger partial charge in [0.2, 0.25) is 0 Å². The Kier molecular flexibility index (Phi) is 1.32. The number of nitrogens with one attached hydrogen (secondary N) is 2. The van der Waals surface area contributed by atoms with E-state index >= 15 is 0 Å². The minimum Gasteiger partial charge on any atom is -0.358 e. The molecule has 1 aliphatic heterocycles. The van der Waals surface area contributed by atoms with Crippen molar-refractivity contribution in [1.82, 2.24) is 9.97 Å². The molecule has 5 nitrogen and oxygen atoms in total. The van der Waals surface area contributed by atoms with E-state index in [1.807, 2.05) is 0 Å². The molecule has 3 heterocycles. The van der Waals surface area contributed by atoms with E-state index in [0.29, 0.717) is 16.6 Å². The number of pyridine rings is 1. The van der Waals surface area contributed by atoms with Gasteiger partial charge in [-0.05, 0) is 0 Å². The van der Waals surface area contributed by atoms with E-state index in [4.69, 9.17) is 10.7 Å². The molecule has 0 spiro atoms. The average molecular weight is 195 g/mol. The highest BCUT2D eigenvalue weighted by molar-refractivity contribution is 6.20. The van der Waals surface area contributed by atoms with Gasteiger partial charge in [-0.15, -0.1) is 0 Å². The van der Waals surface area contributed by atoms with Crippen molar-refractivity contribution in [3.8, 4) is 6.07 Å². The highest BCUT2D eigenvalue weighted by atomic mass is 14.9. The first-order chi connectivity index (χ1) is 7.31. The molecule has 2 aromatic rings. The van der Waals surface area contributed by atoms with E-state index in [0.717, 1.165) is 11.1 Å². The van der Waals surface area contributed by atoms with Crippen molar-refractivity contribution in [3.05, 3.63) is 29.1 Å². The van der Waals surface area contributed by atoms with Crippen molar-refractivity contribution in [3.63, 3.8) is 0 Å². The monoisotopic (exact) mass is 195 g/mol. The second-order valence-electron chi connectivity index (χ2n) is 3.23. The lowest BCUT2D eigenvalue weighted by molar-refractivity contribution is 1.37. The number of fused-ring (bicyclic) bond motifs is 3. The van der Waals surface area contributed by atoms with E-state index in [1.54, 1.807) is 18.6 Å². The summed E-state index contributed by atoms with van der Waals surface area (Å²) >= 11 is 0. The highest BCUT2D eigenvalue weighted by Gasteiger charge is 2.19. The van der Waals surface area contributed by atoms with Gasteiger partial charge >= 0.3 is 0 Å². The number of aromatic amines is 1. The van der Waals surface area contributed by atoms with E-state index in [9.17, 15) is 0 Å². The molecule has 2 aromatic heterocycles. The van der Waals surface area contributed by atoms with Crippen molar-refractivity contribution in [2.24, 2.45) is 4.99 Å². The number of aromatic nitrogens is 2. The Labute approximate surface area is 84.6 Å². The summed E-state index contributed by atoms with van der Waals surface area (Å²) in [6, 6.07) is 2.05. The van der Waals surface area contributed by atoms with Crippen molar-refractivity contribution in [2.45, 2.75) is 0 Å². The van der Waals surface area contributed by atoms with Crippen molar-refractivity contribution in [2.75, 3.05) is 0 Å². The van der Waals surface area contributed by atoms with Gasteiger partial charge in [0.15, 0.2) is 5.84 Å². The number of amidine groups is 1. The summed E-state index contributed by atoms with van der Waals surface area (Å²) in [6.45, 7) is 0. The predicted molar refractivity (Wildman–Crippen MR) is 55.2 cm³/mol. The zero-order chi connectivity index (χ0) is 10.4. The fourth-order valence-electron chi connectivity index (χ4n) is 1.72. The van der Waals surface area contributed by atoms with Crippen LogP contribution in [0.25, 0.3) is 11.0 Å². The first-order valence-electron chi connectivity index (χ1n) is 4.34. The van der Waals surface area contributed by atoms with Crippen LogP contribution in [0.2, 0.25) is 0 Å². The van der Waals surface area contributed by atoms with Crippen LogP contribution in [0.4, 0.5) is 0 Å². The Morgan fingerprint density at radius 3 is 3.13 bits per heavy atom. The van der Waals surface area contributed by atoms with Crippen LogP contribution >= 0.6 is 0 Å². The van der Waals surface area contributed by atoms with Crippen LogP contribution in [0, 0.1) is 16.7 Å². The second kappa shape index (κ2) is 2.51. The molecule has 0 saturated carbocycles. The summed E-state index contributed by atoms with van der Waals surface area (Å²) in [6.07, 6.45) is 4.85. The molecule has 5 heteroatoms. The minimum atomic E-state index is 0.212. The van der Waals surface area contributed by atoms with Gasteiger partial charge in [0.25, 0.3) is 0 Å². The Bertz CT molecular complexity index is 656. The molecule has 0 aliphatic carbocycles. The largest absolute Gasteiger partial charge is 0.358 e. The number of hydrogen-bond acceptors (Lipinski definition) is 3. The van der Waals surface area contributed by atoms with E-state index < -0.39 is 0 Å². The lowest BCUT2D eigenvalue weighted by Crippen LogP contribution is -1.95. The summed E-state index contributed by atoms with van der Waals surface area (Å²) in [5, 5.41) is 16.5. The topological polar surface area (TPSA) is 88.7 Å². The second-order valence-corrected chi connectivity index (χ2v) is 3.23. The van der Waals surface area contributed by atoms with Gasteiger partial charge in [0.1, 0.15) is 11.6 Å². The zero-order valence-corrected chi connectivity index (χ0v) is 7.57. The Morgan fingerprint density at radius 1 is 1.47 bits per heavy atom. The smallest absolute Gasteiger partial charge is 0.154 e. The van der Waals surface area contributed by atoms with Gasteiger partial charge in [-0.1, -0.05) is 0 Å². The number of rotatable bonds is 0. The fraction of sp³-hybridized carbons (Fsp3) is 0. The van der Waals surface area contributed by atoms with Gasteiger partial charge in [-0.25, -0.2) is 4.99 Å². The normalized spacial score (nSPS) is 13.1. The lowest BCUT2D eigenvalue weighted by Gasteiger charge is -1.98. The lowest BCUT2D eigenvalue weighted by atomic mass is 10.1. The summed E-state index contributed by atoms with van der Waals surface area (Å²) in [5.41, 5.74) is 3.35. The maximum atomic E-state index is 8.84. The van der Waals surface area contributed by atoms with Crippen molar-refractivity contribution < 1.29 is 0 Å². The summed E-state index contributed by atoms with van der Waals surface area (Å²) in [4.78, 5) is 11.0. The molecule has 3 rings (SSSR count). The van der Waals surface area contributed by atoms with Gasteiger partial charge in [-0.3, -0.25) is 10.4 Å². The molecule has 70 valence electrons. The molecule has 0 unspecified atom stereocenters. The predicted octanol–water partition coefficient (Wildman–Crippen LogP) is 1.19. The third-order valence-corrected chi connectivity index (χ3v) is 2.41. The number of aliphatic imine (C=N–C) groups is 1.